The van der Waals surface area contributed by atoms with Crippen LogP contribution >= 0.6 is 11.3 Å². The summed E-state index contributed by atoms with van der Waals surface area (Å²) in [6.45, 7) is 0. The first-order chi connectivity index (χ1) is 30.2. The summed E-state index contributed by atoms with van der Waals surface area (Å²) in [6, 6.07) is 63.9. The van der Waals surface area contributed by atoms with Crippen LogP contribution in [0.15, 0.2) is 203 Å². The van der Waals surface area contributed by atoms with Crippen LogP contribution in [0, 0.1) is 0 Å². The summed E-state index contributed by atoms with van der Waals surface area (Å²) in [5.74, 6) is 0. The minimum atomic E-state index is 0.840. The van der Waals surface area contributed by atoms with Crippen molar-refractivity contribution >= 4 is 131 Å². The fourth-order valence-corrected chi connectivity index (χ4v) is 10.2. The van der Waals surface area contributed by atoms with Crippen molar-refractivity contribution in [2.45, 2.75) is 0 Å². The Labute approximate surface area is 352 Å². The fourth-order valence-electron chi connectivity index (χ4n) is 9.11. The summed E-state index contributed by atoms with van der Waals surface area (Å²) in [6.07, 6.45) is 3.94. The molecule has 0 saturated carbocycles. The molecule has 5 aromatic heterocycles. The number of benzene rings is 8. The minimum absolute atomic E-state index is 0.840. The molecule has 0 radical (unpaired) electrons. The zero-order valence-electron chi connectivity index (χ0n) is 32.5. The van der Waals surface area contributed by atoms with Crippen LogP contribution in [0.25, 0.3) is 85.9 Å². The molecule has 286 valence electrons. The van der Waals surface area contributed by atoms with Crippen molar-refractivity contribution in [2.24, 2.45) is 0 Å². The minimum Gasteiger partial charge on any atom is -0.456 e. The van der Waals surface area contributed by atoms with E-state index in [0.29, 0.717) is 0 Å². The number of aromatic nitrogens is 2. The highest BCUT2D eigenvalue weighted by Gasteiger charge is 2.22. The molecule has 0 aliphatic heterocycles. The first kappa shape index (κ1) is 33.9. The van der Waals surface area contributed by atoms with Crippen LogP contribution < -0.4 is 9.80 Å². The molecule has 13 aromatic rings. The van der Waals surface area contributed by atoms with Gasteiger partial charge in [0.05, 0.1) is 44.5 Å². The molecule has 0 spiro atoms. The lowest BCUT2D eigenvalue weighted by Crippen LogP contribution is -2.11. The number of furan rings is 2. The van der Waals surface area contributed by atoms with Gasteiger partial charge in [-0.25, -0.2) is 0 Å². The molecule has 0 aliphatic rings. The summed E-state index contributed by atoms with van der Waals surface area (Å²) in [7, 11) is 0. The van der Waals surface area contributed by atoms with Gasteiger partial charge in [0.1, 0.15) is 33.4 Å². The van der Waals surface area contributed by atoms with E-state index < -0.39 is 0 Å². The molecule has 0 amide bonds. The third kappa shape index (κ3) is 5.34. The molecule has 61 heavy (non-hydrogen) atoms. The SMILES string of the molecule is c1ccc2c(N(c3ccc4c(c3)oc3ccccc34)c3cnc4c(c3)sc3cc(N(c5ccc6c(c5)oc5ccccc56)c5cccc6ccccc56)cnc34)cccc2c1. The molecule has 0 bridgehead atoms. The van der Waals surface area contributed by atoms with E-state index in [4.69, 9.17) is 18.8 Å². The lowest BCUT2D eigenvalue weighted by molar-refractivity contribution is 0.668. The van der Waals surface area contributed by atoms with Gasteiger partial charge in [-0.2, -0.15) is 0 Å². The molecule has 5 heterocycles. The highest BCUT2D eigenvalue weighted by molar-refractivity contribution is 7.25. The van der Waals surface area contributed by atoms with E-state index in [1.165, 1.54) is 0 Å². The maximum atomic E-state index is 6.41. The highest BCUT2D eigenvalue weighted by Crippen LogP contribution is 2.46. The Morgan fingerprint density at radius 3 is 1.25 bits per heavy atom. The summed E-state index contributed by atoms with van der Waals surface area (Å²) < 4.78 is 14.9. The average molecular weight is 801 g/mol. The molecule has 0 aliphatic carbocycles. The largest absolute Gasteiger partial charge is 0.456 e. The average Bonchev–Trinajstić information content (AvgIpc) is 3.99. The van der Waals surface area contributed by atoms with Gasteiger partial charge in [-0.15, -0.1) is 11.3 Å². The van der Waals surface area contributed by atoms with Crippen molar-refractivity contribution in [3.63, 3.8) is 0 Å². The zero-order chi connectivity index (χ0) is 40.0. The number of pyridine rings is 2. The predicted octanol–water partition coefficient (Wildman–Crippen LogP) is 15.9. The van der Waals surface area contributed by atoms with Crippen molar-refractivity contribution in [1.29, 1.82) is 0 Å². The number of thiophene rings is 1. The van der Waals surface area contributed by atoms with Crippen molar-refractivity contribution in [3.05, 3.63) is 194 Å². The number of hydrogen-bond acceptors (Lipinski definition) is 7. The van der Waals surface area contributed by atoms with Crippen LogP contribution in [0.3, 0.4) is 0 Å². The van der Waals surface area contributed by atoms with Crippen molar-refractivity contribution in [1.82, 2.24) is 9.97 Å². The molecule has 13 rings (SSSR count). The van der Waals surface area contributed by atoms with Gasteiger partial charge in [0.2, 0.25) is 0 Å². The van der Waals surface area contributed by atoms with Crippen LogP contribution in [0.5, 0.6) is 0 Å². The lowest BCUT2D eigenvalue weighted by atomic mass is 10.1. The van der Waals surface area contributed by atoms with Crippen molar-refractivity contribution in [3.8, 4) is 0 Å². The fraction of sp³-hybridized carbons (Fsp3) is 0. The predicted molar refractivity (Wildman–Crippen MR) is 254 cm³/mol. The summed E-state index contributed by atoms with van der Waals surface area (Å²) in [5, 5.41) is 9.01. The van der Waals surface area contributed by atoms with Gasteiger partial charge in [-0.3, -0.25) is 9.97 Å². The Kier molecular flexibility index (Phi) is 7.37. The van der Waals surface area contributed by atoms with Gasteiger partial charge >= 0.3 is 0 Å². The van der Waals surface area contributed by atoms with Gasteiger partial charge < -0.3 is 18.6 Å². The molecular formula is C54H32N4O2S. The molecular weight excluding hydrogens is 769 g/mol. The zero-order valence-corrected chi connectivity index (χ0v) is 33.3. The second kappa shape index (κ2) is 13.3. The quantitative estimate of drug-likeness (QED) is 0.167. The van der Waals surface area contributed by atoms with Crippen LogP contribution in [0.2, 0.25) is 0 Å². The Morgan fingerprint density at radius 2 is 0.754 bits per heavy atom. The van der Waals surface area contributed by atoms with E-state index in [0.717, 1.165) is 120 Å². The molecule has 8 aromatic carbocycles. The smallest absolute Gasteiger partial charge is 0.137 e. The van der Waals surface area contributed by atoms with Crippen LogP contribution in [0.4, 0.5) is 34.1 Å². The summed E-state index contributed by atoms with van der Waals surface area (Å²) >= 11 is 1.71. The number of nitrogens with zero attached hydrogens (tertiary/aromatic N) is 4. The van der Waals surface area contributed by atoms with E-state index in [9.17, 15) is 0 Å². The van der Waals surface area contributed by atoms with Crippen LogP contribution in [0.1, 0.15) is 0 Å². The monoisotopic (exact) mass is 800 g/mol. The maximum absolute atomic E-state index is 6.41. The normalized spacial score (nSPS) is 11.9. The van der Waals surface area contributed by atoms with Gasteiger partial charge in [-0.05, 0) is 71.4 Å². The summed E-state index contributed by atoms with van der Waals surface area (Å²) in [4.78, 5) is 14.9. The Bertz CT molecular complexity index is 3620. The first-order valence-electron chi connectivity index (χ1n) is 20.3. The van der Waals surface area contributed by atoms with Crippen LogP contribution in [-0.2, 0) is 0 Å². The van der Waals surface area contributed by atoms with Crippen molar-refractivity contribution < 1.29 is 8.83 Å². The van der Waals surface area contributed by atoms with Gasteiger partial charge in [0, 0.05) is 55.8 Å². The molecule has 0 atom stereocenters. The number of anilines is 6. The lowest BCUT2D eigenvalue weighted by Gasteiger charge is -2.26. The second-order valence-corrected chi connectivity index (χ2v) is 16.5. The Morgan fingerprint density at radius 1 is 0.344 bits per heavy atom. The third-order valence-corrected chi connectivity index (χ3v) is 13.0. The van der Waals surface area contributed by atoms with E-state index in [1.54, 1.807) is 11.3 Å². The van der Waals surface area contributed by atoms with Crippen molar-refractivity contribution in [2.75, 3.05) is 9.80 Å². The number of rotatable bonds is 6. The Balaban J connectivity index is 0.981. The van der Waals surface area contributed by atoms with E-state index in [2.05, 4.69) is 168 Å². The first-order valence-corrected chi connectivity index (χ1v) is 21.1. The third-order valence-electron chi connectivity index (χ3n) is 11.9. The molecule has 0 saturated heterocycles. The topological polar surface area (TPSA) is 58.5 Å². The van der Waals surface area contributed by atoms with E-state index in [-0.39, 0.29) is 0 Å². The molecule has 0 N–H and O–H groups in total. The molecule has 0 unspecified atom stereocenters. The van der Waals surface area contributed by atoms with Crippen LogP contribution in [-0.4, -0.2) is 9.97 Å². The molecule has 0 fully saturated rings. The van der Waals surface area contributed by atoms with Gasteiger partial charge in [0.15, 0.2) is 0 Å². The second-order valence-electron chi connectivity index (χ2n) is 15.4. The molecule has 7 heteroatoms. The Hall–Kier alpha value is -8.00. The van der Waals surface area contributed by atoms with Gasteiger partial charge in [0.25, 0.3) is 0 Å². The number of hydrogen-bond donors (Lipinski definition) is 0. The van der Waals surface area contributed by atoms with E-state index in [1.807, 2.05) is 36.7 Å². The molecule has 6 nitrogen and oxygen atoms in total. The number of fused-ring (bicyclic) bond motifs is 11. The maximum Gasteiger partial charge on any atom is 0.137 e. The number of para-hydroxylation sites is 2. The summed E-state index contributed by atoms with van der Waals surface area (Å²) in [5.41, 5.74) is 11.2. The highest BCUT2D eigenvalue weighted by atomic mass is 32.1. The van der Waals surface area contributed by atoms with Gasteiger partial charge in [-0.1, -0.05) is 109 Å². The van der Waals surface area contributed by atoms with E-state index >= 15 is 0 Å². The standard InChI is InChI=1S/C54H32N4O2S/c1-3-15-39-33(11-1)13-9-19-45(39)57(35-23-25-43-41-17-5-7-21-47(41)59-49(43)27-35)37-29-51-53(55-31-37)54-52(61-51)30-38(32-56-54)58(46-20-10-14-34-12-2-4-16-40(34)46)36-24-26-44-42-18-6-8-22-48(42)60-50(44)28-36/h1-32H.